The Balaban J connectivity index is 2.12. The Morgan fingerprint density at radius 3 is 2.55 bits per heavy atom. The average molecular weight is 303 g/mol. The Kier molecular flexibility index (Phi) is 4.96. The topological polar surface area (TPSA) is 29.1 Å². The highest BCUT2D eigenvalue weighted by Gasteiger charge is 2.30. The first-order chi connectivity index (χ1) is 9.52. The Hall–Kier alpha value is -1.17. The number of halogens is 3. The van der Waals surface area contributed by atoms with Gasteiger partial charge >= 0.3 is 0 Å². The van der Waals surface area contributed by atoms with E-state index in [1.165, 1.54) is 0 Å². The molecule has 0 aliphatic heterocycles. The van der Waals surface area contributed by atoms with E-state index in [0.29, 0.717) is 12.1 Å². The van der Waals surface area contributed by atoms with Gasteiger partial charge in [0.15, 0.2) is 0 Å². The summed E-state index contributed by atoms with van der Waals surface area (Å²) < 4.78 is 39.9. The summed E-state index contributed by atoms with van der Waals surface area (Å²) in [5.74, 6) is -3.25. The molecular formula is C14H16F3NOS. The first-order valence-corrected chi connectivity index (χ1v) is 7.64. The molecule has 0 bridgehead atoms. The fraction of sp³-hybridized carbons (Fsp3) is 0.500. The molecule has 0 aromatic heterocycles. The molecule has 1 aromatic rings. The molecule has 2 atom stereocenters. The van der Waals surface area contributed by atoms with E-state index in [1.807, 2.05) is 6.92 Å². The summed E-state index contributed by atoms with van der Waals surface area (Å²) in [5, 5.41) is 2.94. The lowest BCUT2D eigenvalue weighted by molar-refractivity contribution is 0.0930. The molecule has 20 heavy (non-hydrogen) atoms. The van der Waals surface area contributed by atoms with E-state index in [9.17, 15) is 18.0 Å². The molecule has 0 saturated heterocycles. The van der Waals surface area contributed by atoms with Crippen LogP contribution in [0.3, 0.4) is 0 Å². The zero-order valence-electron chi connectivity index (χ0n) is 11.1. The van der Waals surface area contributed by atoms with Crippen molar-refractivity contribution in [1.29, 1.82) is 0 Å². The van der Waals surface area contributed by atoms with Gasteiger partial charge in [0.05, 0.1) is 0 Å². The highest BCUT2D eigenvalue weighted by atomic mass is 32.2. The maximum absolute atomic E-state index is 13.5. The second-order valence-electron chi connectivity index (χ2n) is 4.75. The predicted octanol–water partition coefficient (Wildman–Crippen LogP) is 3.51. The third kappa shape index (κ3) is 3.29. The molecule has 0 unspecified atom stereocenters. The number of nitrogens with one attached hydrogen (secondary N) is 1. The fourth-order valence-corrected chi connectivity index (χ4v) is 3.70. The standard InChI is InChI=1S/C14H16F3NOS/c1-2-20-12-5-3-4-11(12)18-14(19)13-9(16)6-8(15)7-10(13)17/h6-7,11-12H,2-5H2,1H3,(H,18,19)/t11-,12+/m1/s1. The first kappa shape index (κ1) is 15.2. The number of rotatable bonds is 4. The molecule has 0 radical (unpaired) electrons. The highest BCUT2D eigenvalue weighted by molar-refractivity contribution is 7.99. The van der Waals surface area contributed by atoms with Crippen molar-refractivity contribution in [2.24, 2.45) is 0 Å². The third-order valence-electron chi connectivity index (χ3n) is 3.38. The van der Waals surface area contributed by atoms with Gasteiger partial charge in [-0.05, 0) is 18.6 Å². The minimum absolute atomic E-state index is 0.0868. The summed E-state index contributed by atoms with van der Waals surface area (Å²) in [6.07, 6.45) is 2.77. The SMILES string of the molecule is CCS[C@H]1CCC[C@H]1NC(=O)c1c(F)cc(F)cc1F. The Morgan fingerprint density at radius 1 is 1.30 bits per heavy atom. The summed E-state index contributed by atoms with van der Waals surface area (Å²) in [5.41, 5.74) is -0.710. The number of benzene rings is 1. The van der Waals surface area contributed by atoms with E-state index >= 15 is 0 Å². The largest absolute Gasteiger partial charge is 0.348 e. The van der Waals surface area contributed by atoms with Crippen LogP contribution in [0.1, 0.15) is 36.5 Å². The van der Waals surface area contributed by atoms with E-state index < -0.39 is 28.9 Å². The van der Waals surface area contributed by atoms with Crippen molar-refractivity contribution in [1.82, 2.24) is 5.32 Å². The number of carbonyl (C=O) groups is 1. The molecule has 0 spiro atoms. The Labute approximate surface area is 120 Å². The molecule has 6 heteroatoms. The number of hydrogen-bond acceptors (Lipinski definition) is 2. The quantitative estimate of drug-likeness (QED) is 0.922. The van der Waals surface area contributed by atoms with Crippen LogP contribution in [-0.4, -0.2) is 23.0 Å². The van der Waals surface area contributed by atoms with Gasteiger partial charge in [0, 0.05) is 23.4 Å². The maximum Gasteiger partial charge on any atom is 0.257 e. The summed E-state index contributed by atoms with van der Waals surface area (Å²) >= 11 is 1.73. The number of amides is 1. The van der Waals surface area contributed by atoms with Gasteiger partial charge in [-0.2, -0.15) is 11.8 Å². The zero-order valence-corrected chi connectivity index (χ0v) is 11.9. The van der Waals surface area contributed by atoms with Crippen LogP contribution in [0.2, 0.25) is 0 Å². The maximum atomic E-state index is 13.5. The number of hydrogen-bond donors (Lipinski definition) is 1. The van der Waals surface area contributed by atoms with Crippen LogP contribution in [0.5, 0.6) is 0 Å². The van der Waals surface area contributed by atoms with Crippen LogP contribution in [0.4, 0.5) is 13.2 Å². The van der Waals surface area contributed by atoms with Gasteiger partial charge < -0.3 is 5.32 Å². The van der Waals surface area contributed by atoms with Crippen LogP contribution in [0.15, 0.2) is 12.1 Å². The van der Waals surface area contributed by atoms with Crippen molar-refractivity contribution >= 4 is 17.7 Å². The zero-order chi connectivity index (χ0) is 14.7. The fourth-order valence-electron chi connectivity index (χ4n) is 2.50. The van der Waals surface area contributed by atoms with Gasteiger partial charge in [0.2, 0.25) is 0 Å². The molecule has 1 aromatic carbocycles. The normalized spacial score (nSPS) is 22.0. The highest BCUT2D eigenvalue weighted by Crippen LogP contribution is 2.30. The lowest BCUT2D eigenvalue weighted by Crippen LogP contribution is -2.39. The second kappa shape index (κ2) is 6.52. The smallest absolute Gasteiger partial charge is 0.257 e. The van der Waals surface area contributed by atoms with Gasteiger partial charge in [-0.3, -0.25) is 4.79 Å². The van der Waals surface area contributed by atoms with Crippen LogP contribution < -0.4 is 5.32 Å². The van der Waals surface area contributed by atoms with E-state index in [0.717, 1.165) is 25.0 Å². The van der Waals surface area contributed by atoms with E-state index in [1.54, 1.807) is 11.8 Å². The third-order valence-corrected chi connectivity index (χ3v) is 4.71. The van der Waals surface area contributed by atoms with Crippen molar-refractivity contribution in [2.45, 2.75) is 37.5 Å². The molecule has 1 amide bonds. The molecule has 0 heterocycles. The molecule has 1 aliphatic rings. The average Bonchev–Trinajstić information content (AvgIpc) is 2.75. The molecule has 1 fully saturated rings. The molecule has 1 aliphatic carbocycles. The molecule has 1 saturated carbocycles. The van der Waals surface area contributed by atoms with Crippen LogP contribution in [-0.2, 0) is 0 Å². The van der Waals surface area contributed by atoms with Crippen LogP contribution in [0, 0.1) is 17.5 Å². The lowest BCUT2D eigenvalue weighted by Gasteiger charge is -2.20. The van der Waals surface area contributed by atoms with Crippen molar-refractivity contribution in [3.63, 3.8) is 0 Å². The summed E-state index contributed by atoms with van der Waals surface area (Å²) in [6.45, 7) is 2.03. The number of carbonyl (C=O) groups excluding carboxylic acids is 1. The van der Waals surface area contributed by atoms with Crippen molar-refractivity contribution < 1.29 is 18.0 Å². The van der Waals surface area contributed by atoms with Crippen molar-refractivity contribution in [2.75, 3.05) is 5.75 Å². The second-order valence-corrected chi connectivity index (χ2v) is 6.27. The van der Waals surface area contributed by atoms with Gasteiger partial charge in [-0.25, -0.2) is 13.2 Å². The minimum Gasteiger partial charge on any atom is -0.348 e. The molecule has 2 nitrogen and oxygen atoms in total. The molecule has 2 rings (SSSR count). The minimum atomic E-state index is -1.17. The van der Waals surface area contributed by atoms with Crippen molar-refractivity contribution in [3.05, 3.63) is 35.1 Å². The van der Waals surface area contributed by atoms with Gasteiger partial charge in [0.1, 0.15) is 23.0 Å². The van der Waals surface area contributed by atoms with E-state index in [-0.39, 0.29) is 11.3 Å². The Bertz CT molecular complexity index is 486. The van der Waals surface area contributed by atoms with Gasteiger partial charge in [-0.1, -0.05) is 13.3 Å². The van der Waals surface area contributed by atoms with Gasteiger partial charge in [-0.15, -0.1) is 0 Å². The van der Waals surface area contributed by atoms with Gasteiger partial charge in [0.25, 0.3) is 5.91 Å². The summed E-state index contributed by atoms with van der Waals surface area (Å²) in [7, 11) is 0. The monoisotopic (exact) mass is 303 g/mol. The first-order valence-electron chi connectivity index (χ1n) is 6.60. The van der Waals surface area contributed by atoms with Crippen LogP contribution >= 0.6 is 11.8 Å². The summed E-state index contributed by atoms with van der Waals surface area (Å²) in [4.78, 5) is 12.0. The molecule has 110 valence electrons. The van der Waals surface area contributed by atoms with Crippen molar-refractivity contribution in [3.8, 4) is 0 Å². The van der Waals surface area contributed by atoms with E-state index in [2.05, 4.69) is 5.32 Å². The predicted molar refractivity (Wildman–Crippen MR) is 73.3 cm³/mol. The lowest BCUT2D eigenvalue weighted by atomic mass is 10.1. The molecule has 1 N–H and O–H groups in total. The Morgan fingerprint density at radius 2 is 1.95 bits per heavy atom. The molecular weight excluding hydrogens is 287 g/mol. The number of thioether (sulfide) groups is 1. The summed E-state index contributed by atoms with van der Waals surface area (Å²) in [6, 6.07) is 0.951. The van der Waals surface area contributed by atoms with Crippen LogP contribution in [0.25, 0.3) is 0 Å². The van der Waals surface area contributed by atoms with E-state index in [4.69, 9.17) is 0 Å².